The third-order valence-electron chi connectivity index (χ3n) is 3.89. The maximum Gasteiger partial charge on any atom is 0.325 e. The highest BCUT2D eigenvalue weighted by atomic mass is 16.2. The van der Waals surface area contributed by atoms with Crippen LogP contribution >= 0.6 is 0 Å². The number of imide groups is 1. The summed E-state index contributed by atoms with van der Waals surface area (Å²) in [5, 5.41) is 6.65. The molecule has 7 heteroatoms. The third-order valence-corrected chi connectivity index (χ3v) is 3.89. The highest BCUT2D eigenvalue weighted by molar-refractivity contribution is 6.06. The van der Waals surface area contributed by atoms with Crippen LogP contribution in [0.25, 0.3) is 0 Å². The second-order valence-corrected chi connectivity index (χ2v) is 6.31. The first kappa shape index (κ1) is 17.7. The van der Waals surface area contributed by atoms with Gasteiger partial charge in [-0.05, 0) is 33.3 Å². The molecule has 4 amide bonds. The first-order valence-corrected chi connectivity index (χ1v) is 7.75. The van der Waals surface area contributed by atoms with Crippen LogP contribution in [0.1, 0.15) is 38.3 Å². The van der Waals surface area contributed by atoms with Crippen LogP contribution in [0.4, 0.5) is 4.79 Å². The Morgan fingerprint density at radius 2 is 1.96 bits per heavy atom. The number of rotatable bonds is 5. The maximum atomic E-state index is 12.0. The lowest BCUT2D eigenvalue weighted by atomic mass is 10.1. The summed E-state index contributed by atoms with van der Waals surface area (Å²) in [6.45, 7) is 7.06. The Morgan fingerprint density at radius 1 is 1.29 bits per heavy atom. The van der Waals surface area contributed by atoms with Gasteiger partial charge in [-0.3, -0.25) is 14.5 Å². The number of hydrogen-bond acceptors (Lipinski definition) is 4. The van der Waals surface area contributed by atoms with Gasteiger partial charge >= 0.3 is 6.03 Å². The van der Waals surface area contributed by atoms with E-state index in [4.69, 9.17) is 0 Å². The number of hydrogen-bond donors (Lipinski definition) is 2. The molecule has 2 N–H and O–H groups in total. The van der Waals surface area contributed by atoms with Gasteiger partial charge < -0.3 is 5.32 Å². The van der Waals surface area contributed by atoms with E-state index in [0.717, 1.165) is 16.0 Å². The van der Waals surface area contributed by atoms with Crippen molar-refractivity contribution in [1.29, 1.82) is 0 Å². The minimum atomic E-state index is -0.923. The Hall–Kier alpha value is -2.70. The topological polar surface area (TPSA) is 90.9 Å². The Bertz CT molecular complexity index is 710. The minimum absolute atomic E-state index is 0.000207. The van der Waals surface area contributed by atoms with Crippen LogP contribution in [0.5, 0.6) is 0 Å². The molecule has 24 heavy (non-hydrogen) atoms. The van der Waals surface area contributed by atoms with E-state index in [-0.39, 0.29) is 24.8 Å². The van der Waals surface area contributed by atoms with Gasteiger partial charge in [0.2, 0.25) is 5.91 Å². The number of nitrogens with zero attached hydrogens (tertiary/aromatic N) is 2. The van der Waals surface area contributed by atoms with Gasteiger partial charge in [0.05, 0.1) is 5.71 Å². The van der Waals surface area contributed by atoms with Crippen LogP contribution in [-0.2, 0) is 9.59 Å². The molecule has 0 saturated carbocycles. The van der Waals surface area contributed by atoms with Gasteiger partial charge in [-0.15, -0.1) is 0 Å². The fourth-order valence-corrected chi connectivity index (χ4v) is 2.48. The average Bonchev–Trinajstić information content (AvgIpc) is 2.71. The molecule has 0 unspecified atom stereocenters. The molecule has 1 aromatic rings. The highest BCUT2D eigenvalue weighted by Crippen LogP contribution is 2.16. The molecule has 0 aromatic heterocycles. The summed E-state index contributed by atoms with van der Waals surface area (Å²) in [6, 6.07) is 7.26. The van der Waals surface area contributed by atoms with Gasteiger partial charge in [0.25, 0.3) is 5.91 Å². The number of hydrazone groups is 1. The largest absolute Gasteiger partial charge is 0.325 e. The van der Waals surface area contributed by atoms with Crippen LogP contribution in [0.2, 0.25) is 0 Å². The number of carbonyl (C=O) groups is 3. The molecule has 1 heterocycles. The van der Waals surface area contributed by atoms with E-state index in [2.05, 4.69) is 15.8 Å². The second-order valence-electron chi connectivity index (χ2n) is 6.31. The molecule has 7 nitrogen and oxygen atoms in total. The van der Waals surface area contributed by atoms with E-state index in [1.807, 2.05) is 38.1 Å². The highest BCUT2D eigenvalue weighted by Gasteiger charge is 2.43. The molecular weight excluding hydrogens is 308 g/mol. The molecule has 0 spiro atoms. The fraction of sp³-hybridized carbons (Fsp3) is 0.412. The number of nitrogens with one attached hydrogen (secondary N) is 2. The predicted molar refractivity (Wildman–Crippen MR) is 90.5 cm³/mol. The number of carbonyl (C=O) groups excluding carboxylic acids is 3. The number of urea groups is 1. The monoisotopic (exact) mass is 330 g/mol. The molecule has 1 fully saturated rings. The molecule has 1 aliphatic rings. The van der Waals surface area contributed by atoms with Gasteiger partial charge in [0.15, 0.2) is 0 Å². The quantitative estimate of drug-likeness (QED) is 0.487. The van der Waals surface area contributed by atoms with E-state index in [0.29, 0.717) is 5.71 Å². The van der Waals surface area contributed by atoms with Crippen LogP contribution in [0.15, 0.2) is 29.4 Å². The summed E-state index contributed by atoms with van der Waals surface area (Å²) in [6.07, 6.45) is -0.000207. The predicted octanol–water partition coefficient (Wildman–Crippen LogP) is 1.56. The standard InChI is InChI=1S/C17H22N4O3/c1-11-7-5-6-8-13(11)12(2)19-20-14(22)9-10-21-15(23)17(3,4)18-16(21)24/h5-8H,9-10H2,1-4H3,(H,18,24)(H,20,22)/b19-12-. The van der Waals surface area contributed by atoms with E-state index < -0.39 is 11.6 Å². The summed E-state index contributed by atoms with van der Waals surface area (Å²) in [4.78, 5) is 36.7. The van der Waals surface area contributed by atoms with Gasteiger partial charge in [-0.1, -0.05) is 24.3 Å². The SMILES string of the molecule is C/C(=N/NC(=O)CCN1C(=O)NC(C)(C)C1=O)c1ccccc1C. The van der Waals surface area contributed by atoms with Crippen molar-refractivity contribution < 1.29 is 14.4 Å². The van der Waals surface area contributed by atoms with E-state index in [1.165, 1.54) is 0 Å². The van der Waals surface area contributed by atoms with Crippen molar-refractivity contribution in [1.82, 2.24) is 15.6 Å². The zero-order chi connectivity index (χ0) is 17.9. The van der Waals surface area contributed by atoms with Crippen molar-refractivity contribution in [3.05, 3.63) is 35.4 Å². The zero-order valence-corrected chi connectivity index (χ0v) is 14.3. The summed E-state index contributed by atoms with van der Waals surface area (Å²) < 4.78 is 0. The summed E-state index contributed by atoms with van der Waals surface area (Å²) in [7, 11) is 0. The van der Waals surface area contributed by atoms with Gasteiger partial charge in [-0.25, -0.2) is 10.2 Å². The molecule has 0 atom stereocenters. The fourth-order valence-electron chi connectivity index (χ4n) is 2.48. The van der Waals surface area contributed by atoms with Gasteiger partial charge in [-0.2, -0.15) is 5.10 Å². The van der Waals surface area contributed by atoms with Crippen LogP contribution < -0.4 is 10.7 Å². The lowest BCUT2D eigenvalue weighted by molar-refractivity contribution is -0.130. The molecule has 0 bridgehead atoms. The van der Waals surface area contributed by atoms with E-state index in [1.54, 1.807) is 13.8 Å². The first-order valence-electron chi connectivity index (χ1n) is 7.75. The molecule has 1 saturated heterocycles. The molecule has 2 rings (SSSR count). The Kier molecular flexibility index (Phi) is 5.02. The Balaban J connectivity index is 1.90. The molecule has 1 aromatic carbocycles. The van der Waals surface area contributed by atoms with Crippen LogP contribution in [0, 0.1) is 6.92 Å². The van der Waals surface area contributed by atoms with Crippen molar-refractivity contribution in [3.8, 4) is 0 Å². The molecule has 0 radical (unpaired) electrons. The van der Waals surface area contributed by atoms with Crippen LogP contribution in [0.3, 0.4) is 0 Å². The van der Waals surface area contributed by atoms with E-state index in [9.17, 15) is 14.4 Å². The number of amides is 4. The zero-order valence-electron chi connectivity index (χ0n) is 14.3. The molecule has 1 aliphatic heterocycles. The maximum absolute atomic E-state index is 12.0. The minimum Gasteiger partial charge on any atom is -0.324 e. The second kappa shape index (κ2) is 6.82. The normalized spacial score (nSPS) is 17.0. The Morgan fingerprint density at radius 3 is 2.54 bits per heavy atom. The lowest BCUT2D eigenvalue weighted by Crippen LogP contribution is -2.40. The van der Waals surface area contributed by atoms with Crippen molar-refractivity contribution in [2.24, 2.45) is 5.10 Å². The summed E-state index contributed by atoms with van der Waals surface area (Å²) in [5.74, 6) is -0.687. The van der Waals surface area contributed by atoms with Gasteiger partial charge in [0.1, 0.15) is 5.54 Å². The molecule has 128 valence electrons. The number of aryl methyl sites for hydroxylation is 1. The lowest BCUT2D eigenvalue weighted by Gasteiger charge is -2.15. The molecular formula is C17H22N4O3. The third kappa shape index (κ3) is 3.79. The van der Waals surface area contributed by atoms with Crippen molar-refractivity contribution in [2.75, 3.05) is 6.54 Å². The Labute approximate surface area is 141 Å². The van der Waals surface area contributed by atoms with E-state index >= 15 is 0 Å². The summed E-state index contributed by atoms with van der Waals surface area (Å²) in [5.41, 5.74) is 4.25. The smallest absolute Gasteiger partial charge is 0.324 e. The first-order chi connectivity index (χ1) is 11.2. The summed E-state index contributed by atoms with van der Waals surface area (Å²) >= 11 is 0. The van der Waals surface area contributed by atoms with Gasteiger partial charge in [0, 0.05) is 18.5 Å². The molecule has 0 aliphatic carbocycles. The van der Waals surface area contributed by atoms with Crippen molar-refractivity contribution in [3.63, 3.8) is 0 Å². The van der Waals surface area contributed by atoms with Crippen molar-refractivity contribution in [2.45, 2.75) is 39.7 Å². The average molecular weight is 330 g/mol. The van der Waals surface area contributed by atoms with Crippen molar-refractivity contribution >= 4 is 23.6 Å². The van der Waals surface area contributed by atoms with Crippen LogP contribution in [-0.4, -0.2) is 40.5 Å². The number of benzene rings is 1.